The third-order valence-corrected chi connectivity index (χ3v) is 4.11. The van der Waals surface area contributed by atoms with Gasteiger partial charge in [0.2, 0.25) is 5.91 Å². The normalized spacial score (nSPS) is 10.4. The summed E-state index contributed by atoms with van der Waals surface area (Å²) in [6.07, 6.45) is 5.25. The third kappa shape index (κ3) is 5.43. The van der Waals surface area contributed by atoms with Crippen molar-refractivity contribution in [3.8, 4) is 5.75 Å². The SMILES string of the molecule is O=C(CCn1ccccc1=O)Nc1ccc(OCc2cccnc2)c(Cl)c1. The number of halogens is 1. The molecule has 0 atom stereocenters. The van der Waals surface area contributed by atoms with Crippen LogP contribution in [-0.4, -0.2) is 15.5 Å². The van der Waals surface area contributed by atoms with Gasteiger partial charge in [0.15, 0.2) is 0 Å². The van der Waals surface area contributed by atoms with E-state index in [1.807, 2.05) is 12.1 Å². The van der Waals surface area contributed by atoms with Crippen LogP contribution in [0.3, 0.4) is 0 Å². The van der Waals surface area contributed by atoms with Gasteiger partial charge in [0.05, 0.1) is 5.02 Å². The second-order valence-corrected chi connectivity index (χ2v) is 6.23. The summed E-state index contributed by atoms with van der Waals surface area (Å²) < 4.78 is 7.17. The first-order valence-corrected chi connectivity index (χ1v) is 8.76. The molecule has 0 unspecified atom stereocenters. The van der Waals surface area contributed by atoms with Crippen LogP contribution in [0.1, 0.15) is 12.0 Å². The number of hydrogen-bond donors (Lipinski definition) is 1. The summed E-state index contributed by atoms with van der Waals surface area (Å²) in [5.41, 5.74) is 1.37. The molecule has 0 aliphatic carbocycles. The Hall–Kier alpha value is -3.12. The van der Waals surface area contributed by atoms with Crippen LogP contribution in [0, 0.1) is 0 Å². The highest BCUT2D eigenvalue weighted by Gasteiger charge is 2.07. The number of pyridine rings is 2. The molecule has 0 bridgehead atoms. The van der Waals surface area contributed by atoms with Crippen molar-refractivity contribution < 1.29 is 9.53 Å². The first-order valence-electron chi connectivity index (χ1n) is 8.38. The van der Waals surface area contributed by atoms with Gasteiger partial charge < -0.3 is 14.6 Å². The van der Waals surface area contributed by atoms with Gasteiger partial charge in [0, 0.05) is 48.9 Å². The molecule has 0 aliphatic heterocycles. The molecule has 0 radical (unpaired) electrons. The van der Waals surface area contributed by atoms with Crippen molar-refractivity contribution in [2.24, 2.45) is 0 Å². The third-order valence-electron chi connectivity index (χ3n) is 3.81. The summed E-state index contributed by atoms with van der Waals surface area (Å²) in [4.78, 5) is 27.8. The molecule has 1 aromatic carbocycles. The number of benzene rings is 1. The van der Waals surface area contributed by atoms with E-state index in [1.165, 1.54) is 10.6 Å². The molecule has 0 spiro atoms. The molecule has 0 saturated carbocycles. The van der Waals surface area contributed by atoms with Crippen LogP contribution in [0.4, 0.5) is 5.69 Å². The monoisotopic (exact) mass is 383 g/mol. The lowest BCUT2D eigenvalue weighted by atomic mass is 10.2. The number of carbonyl (C=O) groups excluding carboxylic acids is 1. The van der Waals surface area contributed by atoms with Crippen molar-refractivity contribution in [1.29, 1.82) is 0 Å². The van der Waals surface area contributed by atoms with E-state index in [9.17, 15) is 9.59 Å². The average Bonchev–Trinajstić information content (AvgIpc) is 2.67. The summed E-state index contributed by atoms with van der Waals surface area (Å²) in [6.45, 7) is 0.663. The van der Waals surface area contributed by atoms with E-state index in [2.05, 4.69) is 10.3 Å². The number of hydrogen-bond acceptors (Lipinski definition) is 4. The lowest BCUT2D eigenvalue weighted by Crippen LogP contribution is -2.21. The largest absolute Gasteiger partial charge is 0.487 e. The van der Waals surface area contributed by atoms with Crippen molar-refractivity contribution in [3.63, 3.8) is 0 Å². The van der Waals surface area contributed by atoms with Crippen LogP contribution >= 0.6 is 11.6 Å². The zero-order chi connectivity index (χ0) is 19.1. The summed E-state index contributed by atoms with van der Waals surface area (Å²) in [5.74, 6) is 0.320. The van der Waals surface area contributed by atoms with Crippen molar-refractivity contribution in [2.45, 2.75) is 19.6 Å². The van der Waals surface area contributed by atoms with E-state index in [1.54, 1.807) is 48.9 Å². The second kappa shape index (κ2) is 9.00. The van der Waals surface area contributed by atoms with Gasteiger partial charge in [-0.1, -0.05) is 23.7 Å². The fourth-order valence-corrected chi connectivity index (χ4v) is 2.67. The van der Waals surface area contributed by atoms with Crippen molar-refractivity contribution in [1.82, 2.24) is 9.55 Å². The number of amides is 1. The average molecular weight is 384 g/mol. The van der Waals surface area contributed by atoms with Gasteiger partial charge in [0.1, 0.15) is 12.4 Å². The molecule has 2 aromatic heterocycles. The van der Waals surface area contributed by atoms with Gasteiger partial charge in [0.25, 0.3) is 5.56 Å². The zero-order valence-corrected chi connectivity index (χ0v) is 15.2. The first-order chi connectivity index (χ1) is 13.1. The van der Waals surface area contributed by atoms with Gasteiger partial charge in [-0.15, -0.1) is 0 Å². The lowest BCUT2D eigenvalue weighted by Gasteiger charge is -2.11. The number of aryl methyl sites for hydroxylation is 1. The molecule has 27 heavy (non-hydrogen) atoms. The van der Waals surface area contributed by atoms with E-state index in [0.717, 1.165) is 5.56 Å². The highest BCUT2D eigenvalue weighted by Crippen LogP contribution is 2.28. The van der Waals surface area contributed by atoms with Crippen LogP contribution < -0.4 is 15.6 Å². The summed E-state index contributed by atoms with van der Waals surface area (Å²) in [7, 11) is 0. The Labute approximate surface area is 161 Å². The minimum Gasteiger partial charge on any atom is -0.487 e. The number of nitrogens with one attached hydrogen (secondary N) is 1. The van der Waals surface area contributed by atoms with E-state index in [4.69, 9.17) is 16.3 Å². The van der Waals surface area contributed by atoms with E-state index in [-0.39, 0.29) is 17.9 Å². The Bertz CT molecular complexity index is 973. The van der Waals surface area contributed by atoms with Gasteiger partial charge in [-0.25, -0.2) is 0 Å². The minimum absolute atomic E-state index is 0.136. The summed E-state index contributed by atoms with van der Waals surface area (Å²) in [5, 5.41) is 3.17. The molecule has 1 amide bonds. The maximum Gasteiger partial charge on any atom is 0.250 e. The molecule has 3 aromatic rings. The number of ether oxygens (including phenoxy) is 1. The molecule has 0 fully saturated rings. The first kappa shape index (κ1) is 18.7. The fraction of sp³-hybridized carbons (Fsp3) is 0.150. The van der Waals surface area contributed by atoms with E-state index >= 15 is 0 Å². The van der Waals surface area contributed by atoms with E-state index in [0.29, 0.717) is 29.6 Å². The van der Waals surface area contributed by atoms with Crippen LogP contribution in [-0.2, 0) is 17.9 Å². The smallest absolute Gasteiger partial charge is 0.250 e. The number of nitrogens with zero attached hydrogens (tertiary/aromatic N) is 2. The van der Waals surface area contributed by atoms with Crippen molar-refractivity contribution >= 4 is 23.2 Å². The van der Waals surface area contributed by atoms with Gasteiger partial charge >= 0.3 is 0 Å². The Kier molecular flexibility index (Phi) is 6.22. The Morgan fingerprint density at radius 1 is 1.19 bits per heavy atom. The van der Waals surface area contributed by atoms with Crippen LogP contribution in [0.25, 0.3) is 0 Å². The Balaban J connectivity index is 1.54. The number of carbonyl (C=O) groups is 1. The molecule has 0 aliphatic rings. The predicted octanol–water partition coefficient (Wildman–Crippen LogP) is 3.50. The highest BCUT2D eigenvalue weighted by molar-refractivity contribution is 6.32. The second-order valence-electron chi connectivity index (χ2n) is 5.83. The van der Waals surface area contributed by atoms with Crippen LogP contribution in [0.2, 0.25) is 5.02 Å². The van der Waals surface area contributed by atoms with Crippen LogP contribution in [0.5, 0.6) is 5.75 Å². The van der Waals surface area contributed by atoms with E-state index < -0.39 is 0 Å². The number of anilines is 1. The lowest BCUT2D eigenvalue weighted by molar-refractivity contribution is -0.116. The van der Waals surface area contributed by atoms with Gasteiger partial charge in [-0.2, -0.15) is 0 Å². The number of aromatic nitrogens is 2. The van der Waals surface area contributed by atoms with Gasteiger partial charge in [-0.3, -0.25) is 14.6 Å². The fourth-order valence-electron chi connectivity index (χ4n) is 2.43. The maximum absolute atomic E-state index is 12.1. The topological polar surface area (TPSA) is 73.2 Å². The predicted molar refractivity (Wildman–Crippen MR) is 104 cm³/mol. The zero-order valence-electron chi connectivity index (χ0n) is 14.5. The molecule has 7 heteroatoms. The number of rotatable bonds is 7. The quantitative estimate of drug-likeness (QED) is 0.677. The highest BCUT2D eigenvalue weighted by atomic mass is 35.5. The maximum atomic E-state index is 12.1. The summed E-state index contributed by atoms with van der Waals surface area (Å²) in [6, 6.07) is 13.7. The Morgan fingerprint density at radius 2 is 2.07 bits per heavy atom. The molecule has 1 N–H and O–H groups in total. The molecule has 0 saturated heterocycles. The molecule has 3 rings (SSSR count). The Morgan fingerprint density at radius 3 is 2.81 bits per heavy atom. The summed E-state index contributed by atoms with van der Waals surface area (Å²) >= 11 is 6.24. The molecule has 2 heterocycles. The van der Waals surface area contributed by atoms with Crippen molar-refractivity contribution in [2.75, 3.05) is 5.32 Å². The standard InChI is InChI=1S/C20H18ClN3O3/c21-17-12-16(6-7-18(17)27-14-15-4-3-9-22-13-15)23-19(25)8-11-24-10-2-1-5-20(24)26/h1-7,9-10,12-13H,8,11,14H2,(H,23,25). The van der Waals surface area contributed by atoms with Crippen molar-refractivity contribution in [3.05, 3.63) is 88.1 Å². The molecular weight excluding hydrogens is 366 g/mol. The van der Waals surface area contributed by atoms with Gasteiger partial charge in [-0.05, 0) is 30.3 Å². The van der Waals surface area contributed by atoms with Crippen LogP contribution in [0.15, 0.2) is 71.9 Å². The molecule has 138 valence electrons. The minimum atomic E-state index is -0.203. The molecule has 6 nitrogen and oxygen atoms in total. The molecular formula is C20H18ClN3O3.